The summed E-state index contributed by atoms with van der Waals surface area (Å²) in [5.41, 5.74) is 4.46. The lowest BCUT2D eigenvalue weighted by atomic mass is 10.1. The molecule has 1 aliphatic carbocycles. The molecule has 0 spiro atoms. The number of carbonyl (C=O) groups is 5. The summed E-state index contributed by atoms with van der Waals surface area (Å²) >= 11 is 1.43. The van der Waals surface area contributed by atoms with Crippen molar-refractivity contribution in [3.8, 4) is 11.1 Å². The van der Waals surface area contributed by atoms with Gasteiger partial charge in [-0.25, -0.2) is 19.4 Å². The van der Waals surface area contributed by atoms with E-state index in [1.54, 1.807) is 6.20 Å². The third-order valence-corrected chi connectivity index (χ3v) is 9.09. The van der Waals surface area contributed by atoms with Crippen LogP contribution in [0, 0.1) is 0 Å². The number of hydrogen-bond acceptors (Lipinski definition) is 9. The fourth-order valence-electron chi connectivity index (χ4n) is 5.10. The average Bonchev–Trinajstić information content (AvgIpc) is 3.66. The number of rotatable bonds is 9. The highest BCUT2D eigenvalue weighted by molar-refractivity contribution is 7.20. The third-order valence-electron chi connectivity index (χ3n) is 8.08. The second kappa shape index (κ2) is 20.8. The highest BCUT2D eigenvalue weighted by atomic mass is 32.1. The molecule has 0 atom stereocenters. The van der Waals surface area contributed by atoms with E-state index in [2.05, 4.69) is 31.5 Å². The summed E-state index contributed by atoms with van der Waals surface area (Å²) in [6.45, 7) is 4.25. The van der Waals surface area contributed by atoms with Gasteiger partial charge in [-0.2, -0.15) is 44.6 Å². The molecule has 3 heterocycles. The van der Waals surface area contributed by atoms with Crippen LogP contribution in [0.25, 0.3) is 21.3 Å². The lowest BCUT2D eigenvalue weighted by molar-refractivity contribution is -0.193. The maximum atomic E-state index is 13.6. The zero-order chi connectivity index (χ0) is 44.1. The third kappa shape index (κ3) is 15.8. The van der Waals surface area contributed by atoms with E-state index in [0.717, 1.165) is 59.4 Å². The molecule has 2 amide bonds. The molecule has 1 saturated heterocycles. The van der Waals surface area contributed by atoms with Crippen LogP contribution in [-0.4, -0.2) is 121 Å². The number of H-pyrrole nitrogens is 1. The molecule has 1 aliphatic heterocycles. The minimum atomic E-state index is -5.08. The summed E-state index contributed by atoms with van der Waals surface area (Å²) in [5.74, 6) is -8.38. The number of nitrogens with one attached hydrogen (secondary N) is 2. The molecular formula is C35H35F9N6O8S. The first-order valence-electron chi connectivity index (χ1n) is 17.2. The molecule has 4 aromatic rings. The summed E-state index contributed by atoms with van der Waals surface area (Å²) in [5, 5.41) is 31.8. The Balaban J connectivity index is 0.000000365. The summed E-state index contributed by atoms with van der Waals surface area (Å²) in [7, 11) is 0. The lowest BCUT2D eigenvalue weighted by Crippen LogP contribution is -2.37. The second-order valence-electron chi connectivity index (χ2n) is 12.6. The number of aromatic amines is 1. The molecule has 2 aliphatic rings. The van der Waals surface area contributed by atoms with Gasteiger partial charge in [0.05, 0.1) is 16.4 Å². The van der Waals surface area contributed by atoms with Crippen LogP contribution in [-0.2, 0) is 20.9 Å². The quantitative estimate of drug-likeness (QED) is 0.113. The molecule has 6 rings (SSSR count). The second-order valence-corrected chi connectivity index (χ2v) is 13.7. The number of hydrogen-bond donors (Lipinski definition) is 5. The number of nitrogens with zero attached hydrogens (tertiary/aromatic N) is 4. The number of carboxylic acid groups (broad SMARTS) is 3. The van der Waals surface area contributed by atoms with Gasteiger partial charge >= 0.3 is 36.4 Å². The Morgan fingerprint density at radius 3 is 1.90 bits per heavy atom. The Kier molecular flexibility index (Phi) is 16.8. The van der Waals surface area contributed by atoms with Crippen molar-refractivity contribution in [1.29, 1.82) is 0 Å². The van der Waals surface area contributed by atoms with E-state index >= 15 is 0 Å². The number of alkyl halides is 9. The van der Waals surface area contributed by atoms with Gasteiger partial charge in [-0.05, 0) is 74.2 Å². The van der Waals surface area contributed by atoms with Crippen LogP contribution in [0.2, 0.25) is 0 Å². The number of fused-ring (bicyclic) bond motifs is 1. The van der Waals surface area contributed by atoms with E-state index in [1.807, 2.05) is 47.5 Å². The maximum absolute atomic E-state index is 13.6. The van der Waals surface area contributed by atoms with Gasteiger partial charge in [0, 0.05) is 43.0 Å². The van der Waals surface area contributed by atoms with E-state index in [4.69, 9.17) is 29.7 Å². The predicted octanol–water partition coefficient (Wildman–Crippen LogP) is 6.61. The first-order chi connectivity index (χ1) is 27.5. The van der Waals surface area contributed by atoms with Crippen LogP contribution < -0.4 is 5.32 Å². The van der Waals surface area contributed by atoms with Gasteiger partial charge in [-0.1, -0.05) is 24.6 Å². The summed E-state index contributed by atoms with van der Waals surface area (Å²) < 4.78 is 96.2. The minimum Gasteiger partial charge on any atom is -0.475 e. The fraction of sp³-hybridized carbons (Fsp3) is 0.400. The number of aliphatic carboxylic acids is 3. The predicted molar refractivity (Wildman–Crippen MR) is 190 cm³/mol. The number of benzene rings is 2. The van der Waals surface area contributed by atoms with E-state index in [0.29, 0.717) is 23.7 Å². The SMILES string of the molecule is O=C(NCCN1CCCCC1)c1cccc(CN(C(=O)c2nc3ccc(-c4cn[nH]c4)cc3s2)C2CC2)c1.O=C(O)C(F)(F)F.O=C(O)C(F)(F)F.O=C(O)C(F)(F)F. The van der Waals surface area contributed by atoms with Gasteiger partial charge in [0.15, 0.2) is 5.01 Å². The number of carboxylic acids is 3. The van der Waals surface area contributed by atoms with Crippen molar-refractivity contribution in [2.24, 2.45) is 0 Å². The first-order valence-corrected chi connectivity index (χ1v) is 18.0. The molecule has 0 radical (unpaired) electrons. The maximum Gasteiger partial charge on any atom is 0.490 e. The molecule has 2 fully saturated rings. The van der Waals surface area contributed by atoms with Crippen LogP contribution in [0.5, 0.6) is 0 Å². The molecule has 24 heteroatoms. The molecule has 322 valence electrons. The number of thiazole rings is 1. The van der Waals surface area contributed by atoms with Crippen LogP contribution in [0.1, 0.15) is 57.8 Å². The molecular weight excluding hydrogens is 835 g/mol. The number of piperidine rings is 1. The van der Waals surface area contributed by atoms with Gasteiger partial charge in [0.1, 0.15) is 0 Å². The zero-order valence-corrected chi connectivity index (χ0v) is 31.1. The highest BCUT2D eigenvalue weighted by Gasteiger charge is 2.39. The Labute approximate surface area is 331 Å². The Bertz CT molecular complexity index is 1990. The van der Waals surface area contributed by atoms with E-state index in [1.165, 1.54) is 30.6 Å². The van der Waals surface area contributed by atoms with Crippen LogP contribution in [0.3, 0.4) is 0 Å². The first kappa shape index (κ1) is 47.6. The van der Waals surface area contributed by atoms with Crippen LogP contribution in [0.4, 0.5) is 39.5 Å². The topological polar surface area (TPSA) is 206 Å². The number of aromatic nitrogens is 3. The molecule has 2 aromatic carbocycles. The fourth-order valence-corrected chi connectivity index (χ4v) is 6.06. The normalized spacial score (nSPS) is 14.3. The van der Waals surface area contributed by atoms with E-state index < -0.39 is 36.4 Å². The van der Waals surface area contributed by atoms with Gasteiger partial charge < -0.3 is 30.4 Å². The monoisotopic (exact) mass is 870 g/mol. The van der Waals surface area contributed by atoms with Crippen molar-refractivity contribution >= 4 is 51.3 Å². The summed E-state index contributed by atoms with van der Waals surface area (Å²) in [6, 6.07) is 13.9. The summed E-state index contributed by atoms with van der Waals surface area (Å²) in [4.78, 5) is 62.1. The Morgan fingerprint density at radius 1 is 0.814 bits per heavy atom. The van der Waals surface area contributed by atoms with Gasteiger partial charge in [0.25, 0.3) is 11.8 Å². The van der Waals surface area contributed by atoms with Crippen molar-refractivity contribution in [3.63, 3.8) is 0 Å². The minimum absolute atomic E-state index is 0.0463. The summed E-state index contributed by atoms with van der Waals surface area (Å²) in [6.07, 6.45) is -5.82. The van der Waals surface area contributed by atoms with Crippen LogP contribution >= 0.6 is 11.3 Å². The molecule has 1 saturated carbocycles. The van der Waals surface area contributed by atoms with Gasteiger partial charge in [0.2, 0.25) is 0 Å². The van der Waals surface area contributed by atoms with E-state index in [9.17, 15) is 49.1 Å². The van der Waals surface area contributed by atoms with Crippen LogP contribution in [0.15, 0.2) is 54.9 Å². The number of halogens is 9. The van der Waals surface area contributed by atoms with Crippen molar-refractivity contribution in [1.82, 2.24) is 30.3 Å². The molecule has 5 N–H and O–H groups in total. The van der Waals surface area contributed by atoms with Crippen molar-refractivity contribution < 1.29 is 78.8 Å². The van der Waals surface area contributed by atoms with Gasteiger partial charge in [-0.15, -0.1) is 11.3 Å². The Morgan fingerprint density at radius 2 is 1.39 bits per heavy atom. The molecule has 0 unspecified atom stereocenters. The molecule has 14 nitrogen and oxygen atoms in total. The molecule has 0 bridgehead atoms. The molecule has 59 heavy (non-hydrogen) atoms. The van der Waals surface area contributed by atoms with Crippen molar-refractivity contribution in [3.05, 3.63) is 71.0 Å². The number of carbonyl (C=O) groups excluding carboxylic acids is 2. The van der Waals surface area contributed by atoms with E-state index in [-0.39, 0.29) is 17.9 Å². The average molecular weight is 871 g/mol. The zero-order valence-electron chi connectivity index (χ0n) is 30.3. The Hall–Kier alpha value is -5.78. The molecule has 2 aromatic heterocycles. The lowest BCUT2D eigenvalue weighted by Gasteiger charge is -2.26. The number of likely N-dealkylation sites (tertiary alicyclic amines) is 1. The number of amides is 2. The highest BCUT2D eigenvalue weighted by Crippen LogP contribution is 2.33. The van der Waals surface area contributed by atoms with Gasteiger partial charge in [-0.3, -0.25) is 14.7 Å². The standard InChI is InChI=1S/C29H32N6O2S.3C2HF3O2/c36-27(30-11-14-34-12-2-1-3-13-34)22-6-4-5-20(15-22)19-35(24-8-9-24)29(37)28-33-25-10-7-21(16-26(25)38-28)23-17-31-32-18-23;3*3-2(4,5)1(6)7/h4-7,10,15-18,24H,1-3,8-9,11-14,19H2,(H,30,36)(H,31,32);3*(H,6,7). The van der Waals surface area contributed by atoms with Crippen molar-refractivity contribution in [2.75, 3.05) is 26.2 Å². The largest absolute Gasteiger partial charge is 0.490 e. The smallest absolute Gasteiger partial charge is 0.475 e. The van der Waals surface area contributed by atoms with Crippen molar-refractivity contribution in [2.45, 2.75) is 63.2 Å².